The van der Waals surface area contributed by atoms with Crippen molar-refractivity contribution in [2.24, 2.45) is 5.92 Å². The number of amides is 2. The van der Waals surface area contributed by atoms with E-state index in [1.807, 2.05) is 13.0 Å². The van der Waals surface area contributed by atoms with Crippen LogP contribution in [0.2, 0.25) is 0 Å². The molecule has 0 radical (unpaired) electrons. The number of halogens is 1. The third kappa shape index (κ3) is 5.87. The van der Waals surface area contributed by atoms with Gasteiger partial charge < -0.3 is 25.4 Å². The van der Waals surface area contributed by atoms with E-state index < -0.39 is 0 Å². The smallest absolute Gasteiger partial charge is 0.255 e. The van der Waals surface area contributed by atoms with Gasteiger partial charge in [0.25, 0.3) is 5.91 Å². The van der Waals surface area contributed by atoms with Crippen molar-refractivity contribution in [1.82, 2.24) is 5.32 Å². The number of benzene rings is 2. The fourth-order valence-electron chi connectivity index (χ4n) is 2.53. The standard InChI is InChI=1S/C20H25N3O4.ClH/c1-13(12-21-2)19(24)22-15-10-18(27-4)16(11-17(15)26-3)23-20(25)14-8-6-5-7-9-14;/h5-11,13,21H,12H2,1-4H3,(H,22,24)(H,23,25);1H. The normalized spacial score (nSPS) is 11.0. The predicted molar refractivity (Wildman–Crippen MR) is 113 cm³/mol. The second kappa shape index (κ2) is 11.2. The van der Waals surface area contributed by atoms with Gasteiger partial charge >= 0.3 is 0 Å². The quantitative estimate of drug-likeness (QED) is 0.625. The van der Waals surface area contributed by atoms with Gasteiger partial charge in [0, 0.05) is 30.2 Å². The maximum Gasteiger partial charge on any atom is 0.255 e. The van der Waals surface area contributed by atoms with Gasteiger partial charge in [-0.1, -0.05) is 25.1 Å². The molecule has 7 nitrogen and oxygen atoms in total. The van der Waals surface area contributed by atoms with E-state index >= 15 is 0 Å². The molecule has 0 aliphatic carbocycles. The summed E-state index contributed by atoms with van der Waals surface area (Å²) in [6.45, 7) is 2.38. The number of hydrogen-bond donors (Lipinski definition) is 3. The highest BCUT2D eigenvalue weighted by molar-refractivity contribution is 6.05. The lowest BCUT2D eigenvalue weighted by molar-refractivity contribution is -0.119. The van der Waals surface area contributed by atoms with E-state index in [4.69, 9.17) is 9.47 Å². The number of carbonyl (C=O) groups is 2. The monoisotopic (exact) mass is 407 g/mol. The first-order valence-corrected chi connectivity index (χ1v) is 8.58. The molecule has 0 aliphatic heterocycles. The zero-order valence-corrected chi connectivity index (χ0v) is 17.2. The lowest BCUT2D eigenvalue weighted by Gasteiger charge is -2.17. The van der Waals surface area contributed by atoms with Crippen LogP contribution in [-0.2, 0) is 4.79 Å². The molecule has 2 aromatic rings. The van der Waals surface area contributed by atoms with E-state index in [2.05, 4.69) is 16.0 Å². The van der Waals surface area contributed by atoms with Gasteiger partial charge in [-0.05, 0) is 19.2 Å². The minimum atomic E-state index is -0.268. The number of nitrogens with one attached hydrogen (secondary N) is 3. The third-order valence-corrected chi connectivity index (χ3v) is 4.02. The van der Waals surface area contributed by atoms with Crippen molar-refractivity contribution in [2.45, 2.75) is 6.92 Å². The summed E-state index contributed by atoms with van der Waals surface area (Å²) < 4.78 is 10.8. The molecule has 0 saturated carbocycles. The van der Waals surface area contributed by atoms with E-state index in [1.165, 1.54) is 14.2 Å². The summed E-state index contributed by atoms with van der Waals surface area (Å²) in [5.74, 6) is 0.199. The van der Waals surface area contributed by atoms with Crippen LogP contribution < -0.4 is 25.4 Å². The van der Waals surface area contributed by atoms with E-state index in [9.17, 15) is 9.59 Å². The Morgan fingerprint density at radius 1 is 0.964 bits per heavy atom. The molecule has 2 aromatic carbocycles. The maximum absolute atomic E-state index is 12.4. The molecule has 1 atom stereocenters. The topological polar surface area (TPSA) is 88.7 Å². The Labute approximate surface area is 171 Å². The van der Waals surface area contributed by atoms with E-state index in [0.29, 0.717) is 35.0 Å². The van der Waals surface area contributed by atoms with Gasteiger partial charge in [0.15, 0.2) is 0 Å². The van der Waals surface area contributed by atoms with Gasteiger partial charge in [0.05, 0.1) is 25.6 Å². The summed E-state index contributed by atoms with van der Waals surface area (Å²) in [6.07, 6.45) is 0. The number of carbonyl (C=O) groups excluding carboxylic acids is 2. The summed E-state index contributed by atoms with van der Waals surface area (Å²) in [4.78, 5) is 24.7. The summed E-state index contributed by atoms with van der Waals surface area (Å²) in [5.41, 5.74) is 1.45. The summed E-state index contributed by atoms with van der Waals surface area (Å²) >= 11 is 0. The highest BCUT2D eigenvalue weighted by atomic mass is 35.5. The maximum atomic E-state index is 12.4. The Kier molecular flexibility index (Phi) is 9.27. The molecule has 1 unspecified atom stereocenters. The first-order valence-electron chi connectivity index (χ1n) is 8.58. The second-order valence-corrected chi connectivity index (χ2v) is 6.02. The fourth-order valence-corrected chi connectivity index (χ4v) is 2.53. The number of rotatable bonds is 8. The van der Waals surface area contributed by atoms with Gasteiger partial charge in [-0.2, -0.15) is 0 Å². The van der Waals surface area contributed by atoms with Crippen LogP contribution >= 0.6 is 12.4 Å². The zero-order valence-electron chi connectivity index (χ0n) is 16.4. The van der Waals surface area contributed by atoms with Crippen LogP contribution in [0.15, 0.2) is 42.5 Å². The molecule has 2 amide bonds. The Morgan fingerprint density at radius 3 is 2.00 bits per heavy atom. The molecular formula is C20H26ClN3O4. The third-order valence-electron chi connectivity index (χ3n) is 4.02. The molecule has 0 heterocycles. The molecule has 28 heavy (non-hydrogen) atoms. The molecule has 3 N–H and O–H groups in total. The Bertz CT molecular complexity index is 800. The van der Waals surface area contributed by atoms with Crippen LogP contribution in [0.3, 0.4) is 0 Å². The molecule has 0 spiro atoms. The molecule has 8 heteroatoms. The molecule has 0 saturated heterocycles. The number of anilines is 2. The molecule has 0 aromatic heterocycles. The molecule has 0 bridgehead atoms. The lowest BCUT2D eigenvalue weighted by Crippen LogP contribution is -2.28. The Balaban J connectivity index is 0.00000392. The lowest BCUT2D eigenvalue weighted by atomic mass is 10.1. The minimum Gasteiger partial charge on any atom is -0.494 e. The Morgan fingerprint density at radius 2 is 1.50 bits per heavy atom. The number of hydrogen-bond acceptors (Lipinski definition) is 5. The van der Waals surface area contributed by atoms with Crippen molar-refractivity contribution >= 4 is 35.6 Å². The van der Waals surface area contributed by atoms with Crippen molar-refractivity contribution in [3.8, 4) is 11.5 Å². The van der Waals surface area contributed by atoms with E-state index in [0.717, 1.165) is 0 Å². The predicted octanol–water partition coefficient (Wildman–Crippen LogP) is 3.17. The molecule has 2 rings (SSSR count). The minimum absolute atomic E-state index is 0. The van der Waals surface area contributed by atoms with Gasteiger partial charge in [-0.15, -0.1) is 12.4 Å². The molecular weight excluding hydrogens is 382 g/mol. The van der Waals surface area contributed by atoms with Crippen molar-refractivity contribution in [2.75, 3.05) is 38.4 Å². The summed E-state index contributed by atoms with van der Waals surface area (Å²) in [5, 5.41) is 8.61. The highest BCUT2D eigenvalue weighted by Crippen LogP contribution is 2.36. The number of methoxy groups -OCH3 is 2. The fraction of sp³-hybridized carbons (Fsp3) is 0.300. The van der Waals surface area contributed by atoms with Crippen molar-refractivity contribution < 1.29 is 19.1 Å². The van der Waals surface area contributed by atoms with E-state index in [1.54, 1.807) is 43.4 Å². The van der Waals surface area contributed by atoms with Crippen molar-refractivity contribution in [1.29, 1.82) is 0 Å². The first-order chi connectivity index (χ1) is 13.0. The van der Waals surface area contributed by atoms with Crippen molar-refractivity contribution in [3.63, 3.8) is 0 Å². The highest BCUT2D eigenvalue weighted by Gasteiger charge is 2.18. The van der Waals surface area contributed by atoms with Gasteiger partial charge in [0.2, 0.25) is 5.91 Å². The Hall–Kier alpha value is -2.77. The first kappa shape index (κ1) is 23.3. The SMILES string of the molecule is CNCC(C)C(=O)Nc1cc(OC)c(NC(=O)c2ccccc2)cc1OC.Cl. The average molecular weight is 408 g/mol. The molecule has 0 fully saturated rings. The zero-order chi connectivity index (χ0) is 19.8. The van der Waals surface area contributed by atoms with Crippen LogP contribution in [0.5, 0.6) is 11.5 Å². The summed E-state index contributed by atoms with van der Waals surface area (Å²) in [6, 6.07) is 12.1. The second-order valence-electron chi connectivity index (χ2n) is 6.02. The largest absolute Gasteiger partial charge is 0.494 e. The van der Waals surface area contributed by atoms with E-state index in [-0.39, 0.29) is 30.1 Å². The summed E-state index contributed by atoms with van der Waals surface area (Å²) in [7, 11) is 4.78. The van der Waals surface area contributed by atoms with Crippen molar-refractivity contribution in [3.05, 3.63) is 48.0 Å². The van der Waals surface area contributed by atoms with Crippen LogP contribution in [0.1, 0.15) is 17.3 Å². The molecule has 0 aliphatic rings. The molecule has 152 valence electrons. The van der Waals surface area contributed by atoms with Crippen LogP contribution in [0.25, 0.3) is 0 Å². The van der Waals surface area contributed by atoms with Crippen LogP contribution in [-0.4, -0.2) is 39.6 Å². The average Bonchev–Trinajstić information content (AvgIpc) is 2.69. The van der Waals surface area contributed by atoms with Gasteiger partial charge in [-0.25, -0.2) is 0 Å². The van der Waals surface area contributed by atoms with Crippen LogP contribution in [0.4, 0.5) is 11.4 Å². The van der Waals surface area contributed by atoms with Crippen LogP contribution in [0, 0.1) is 5.92 Å². The number of ether oxygens (including phenoxy) is 2. The van der Waals surface area contributed by atoms with Gasteiger partial charge in [-0.3, -0.25) is 9.59 Å². The van der Waals surface area contributed by atoms with Gasteiger partial charge in [0.1, 0.15) is 11.5 Å².